The van der Waals surface area contributed by atoms with Gasteiger partial charge in [-0.25, -0.2) is 0 Å². The number of rotatable bonds is 9. The molecule has 0 amide bonds. The van der Waals surface area contributed by atoms with E-state index in [1.165, 1.54) is 0 Å². The normalized spacial score (nSPS) is 18.5. The highest BCUT2D eigenvalue weighted by atomic mass is 16.4. The molecule has 0 aliphatic carbocycles. The zero-order valence-electron chi connectivity index (χ0n) is 9.99. The van der Waals surface area contributed by atoms with Gasteiger partial charge in [-0.2, -0.15) is 0 Å². The van der Waals surface area contributed by atoms with Crippen LogP contribution in [0.25, 0.3) is 0 Å². The van der Waals surface area contributed by atoms with Crippen LogP contribution in [0.15, 0.2) is 0 Å². The smallest absolute Gasteiger partial charge is 0.164 e. The Morgan fingerprint density at radius 1 is 1.06 bits per heavy atom. The summed E-state index contributed by atoms with van der Waals surface area (Å²) < 4.78 is 0. The van der Waals surface area contributed by atoms with Crippen molar-refractivity contribution in [2.45, 2.75) is 57.0 Å². The van der Waals surface area contributed by atoms with Crippen molar-refractivity contribution in [2.75, 3.05) is 6.61 Å². The lowest BCUT2D eigenvalue weighted by molar-refractivity contribution is -0.147. The first kappa shape index (κ1) is 16.5. The van der Waals surface area contributed by atoms with Crippen molar-refractivity contribution in [3.05, 3.63) is 0 Å². The second kappa shape index (κ2) is 8.54. The third-order valence-electron chi connectivity index (χ3n) is 2.61. The molecule has 5 N–H and O–H groups in total. The molecule has 0 rings (SSSR count). The Kier molecular flexibility index (Phi) is 8.28. The Morgan fingerprint density at radius 2 is 1.65 bits per heavy atom. The quantitative estimate of drug-likeness (QED) is 0.320. The number of ketones is 1. The van der Waals surface area contributed by atoms with Crippen LogP contribution in [-0.4, -0.2) is 62.3 Å². The first-order valence-corrected chi connectivity index (χ1v) is 5.81. The van der Waals surface area contributed by atoms with E-state index in [2.05, 4.69) is 0 Å². The molecule has 4 atom stereocenters. The van der Waals surface area contributed by atoms with E-state index in [1.807, 2.05) is 6.92 Å². The first-order chi connectivity index (χ1) is 7.95. The van der Waals surface area contributed by atoms with Gasteiger partial charge in [0.05, 0.1) is 6.61 Å². The highest BCUT2D eigenvalue weighted by Gasteiger charge is 2.33. The molecule has 0 aromatic rings. The average molecular weight is 250 g/mol. The monoisotopic (exact) mass is 250 g/mol. The predicted octanol–water partition coefficient (Wildman–Crippen LogP) is -1.43. The van der Waals surface area contributed by atoms with Crippen LogP contribution in [0.3, 0.4) is 0 Å². The molecule has 102 valence electrons. The number of aliphatic hydroxyl groups excluding tert-OH is 5. The number of Topliss-reactive ketones (excluding diaryl/α,β-unsaturated/α-hetero) is 1. The molecule has 0 heterocycles. The molecule has 6 nitrogen and oxygen atoms in total. The summed E-state index contributed by atoms with van der Waals surface area (Å²) in [5, 5.41) is 45.8. The fraction of sp³-hybridized carbons (Fsp3) is 0.909. The van der Waals surface area contributed by atoms with Gasteiger partial charge < -0.3 is 25.5 Å². The van der Waals surface area contributed by atoms with Crippen LogP contribution in [-0.2, 0) is 4.79 Å². The van der Waals surface area contributed by atoms with Gasteiger partial charge in [-0.15, -0.1) is 0 Å². The average Bonchev–Trinajstić information content (AvgIpc) is 2.35. The number of unbranched alkanes of at least 4 members (excludes halogenated alkanes) is 2. The summed E-state index contributed by atoms with van der Waals surface area (Å²) in [6.45, 7) is 1.21. The van der Waals surface area contributed by atoms with Gasteiger partial charge in [0.15, 0.2) is 5.78 Å². The van der Waals surface area contributed by atoms with Gasteiger partial charge in [-0.3, -0.25) is 4.79 Å². The molecule has 0 fully saturated rings. The molecule has 0 unspecified atom stereocenters. The molecule has 0 radical (unpaired) electrons. The Morgan fingerprint density at radius 3 is 2.12 bits per heavy atom. The standard InChI is InChI=1S/C11H22O6/c1-2-3-4-5-7(13)9(15)11(17)10(16)8(14)6-12/h8-12,14-17H,2-6H2,1H3/t8-,9-,10+,11+/m1/s1. The van der Waals surface area contributed by atoms with Crippen LogP contribution >= 0.6 is 0 Å². The number of carbonyl (C=O) groups excluding carboxylic acids is 1. The van der Waals surface area contributed by atoms with Crippen LogP contribution in [0, 0.1) is 0 Å². The number of aliphatic hydroxyl groups is 5. The Hall–Kier alpha value is -0.530. The fourth-order valence-corrected chi connectivity index (χ4v) is 1.41. The van der Waals surface area contributed by atoms with Gasteiger partial charge in [0.1, 0.15) is 24.4 Å². The minimum Gasteiger partial charge on any atom is -0.394 e. The van der Waals surface area contributed by atoms with Crippen molar-refractivity contribution in [1.82, 2.24) is 0 Å². The Labute approximate surface area is 101 Å². The topological polar surface area (TPSA) is 118 Å². The number of hydrogen-bond acceptors (Lipinski definition) is 6. The van der Waals surface area contributed by atoms with Gasteiger partial charge in [-0.1, -0.05) is 19.8 Å². The molecule has 17 heavy (non-hydrogen) atoms. The van der Waals surface area contributed by atoms with Crippen molar-refractivity contribution >= 4 is 5.78 Å². The van der Waals surface area contributed by atoms with Crippen molar-refractivity contribution in [2.24, 2.45) is 0 Å². The summed E-state index contributed by atoms with van der Waals surface area (Å²) in [5.41, 5.74) is 0. The predicted molar refractivity (Wildman–Crippen MR) is 60.3 cm³/mol. The lowest BCUT2D eigenvalue weighted by Crippen LogP contribution is -2.48. The summed E-state index contributed by atoms with van der Waals surface area (Å²) in [5.74, 6) is -0.574. The molecule has 0 spiro atoms. The van der Waals surface area contributed by atoms with E-state index in [0.717, 1.165) is 12.8 Å². The fourth-order valence-electron chi connectivity index (χ4n) is 1.41. The molecule has 0 saturated heterocycles. The van der Waals surface area contributed by atoms with E-state index in [1.54, 1.807) is 0 Å². The number of hydrogen-bond donors (Lipinski definition) is 5. The molecule has 0 aliphatic rings. The maximum atomic E-state index is 11.4. The van der Waals surface area contributed by atoms with Crippen LogP contribution in [0.4, 0.5) is 0 Å². The van der Waals surface area contributed by atoms with Crippen molar-refractivity contribution in [3.63, 3.8) is 0 Å². The van der Waals surface area contributed by atoms with Crippen molar-refractivity contribution in [3.8, 4) is 0 Å². The Balaban J connectivity index is 4.18. The maximum Gasteiger partial charge on any atom is 0.164 e. The van der Waals surface area contributed by atoms with Gasteiger partial charge in [-0.05, 0) is 6.42 Å². The molecule has 6 heteroatoms. The van der Waals surface area contributed by atoms with Crippen molar-refractivity contribution < 1.29 is 30.3 Å². The highest BCUT2D eigenvalue weighted by Crippen LogP contribution is 2.09. The molecule has 0 aliphatic heterocycles. The van der Waals surface area contributed by atoms with Crippen LogP contribution in [0.2, 0.25) is 0 Å². The lowest BCUT2D eigenvalue weighted by Gasteiger charge is -2.24. The number of carbonyl (C=O) groups is 1. The summed E-state index contributed by atoms with van der Waals surface area (Å²) in [6.07, 6.45) is -4.34. The summed E-state index contributed by atoms with van der Waals surface area (Å²) >= 11 is 0. The molecular weight excluding hydrogens is 228 g/mol. The second-order valence-electron chi connectivity index (χ2n) is 4.10. The third kappa shape index (κ3) is 5.56. The highest BCUT2D eigenvalue weighted by molar-refractivity contribution is 5.83. The van der Waals surface area contributed by atoms with E-state index in [0.29, 0.717) is 6.42 Å². The zero-order chi connectivity index (χ0) is 13.4. The minimum atomic E-state index is -1.79. The summed E-state index contributed by atoms with van der Waals surface area (Å²) in [6, 6.07) is 0. The molecule has 0 aromatic heterocycles. The van der Waals surface area contributed by atoms with Gasteiger partial charge >= 0.3 is 0 Å². The van der Waals surface area contributed by atoms with Gasteiger partial charge in [0.25, 0.3) is 0 Å². The molecule has 0 aromatic carbocycles. The van der Waals surface area contributed by atoms with Crippen molar-refractivity contribution in [1.29, 1.82) is 0 Å². The minimum absolute atomic E-state index is 0.119. The van der Waals surface area contributed by atoms with E-state index >= 15 is 0 Å². The van der Waals surface area contributed by atoms with Crippen LogP contribution < -0.4 is 0 Å². The summed E-state index contributed by atoms with van der Waals surface area (Å²) in [7, 11) is 0. The molecule has 0 bridgehead atoms. The Bertz CT molecular complexity index is 220. The largest absolute Gasteiger partial charge is 0.394 e. The summed E-state index contributed by atoms with van der Waals surface area (Å²) in [4.78, 5) is 11.4. The lowest BCUT2D eigenvalue weighted by atomic mass is 9.97. The van der Waals surface area contributed by atoms with E-state index < -0.39 is 36.8 Å². The van der Waals surface area contributed by atoms with E-state index in [9.17, 15) is 20.1 Å². The molecule has 0 saturated carbocycles. The van der Waals surface area contributed by atoms with E-state index in [-0.39, 0.29) is 6.42 Å². The SMILES string of the molecule is CCCCCC(=O)[C@@H](O)[C@H](O)[C@@H](O)[C@H](O)CO. The first-order valence-electron chi connectivity index (χ1n) is 5.81. The van der Waals surface area contributed by atoms with Gasteiger partial charge in [0, 0.05) is 6.42 Å². The van der Waals surface area contributed by atoms with Gasteiger partial charge in [0.2, 0.25) is 0 Å². The van der Waals surface area contributed by atoms with Crippen LogP contribution in [0.1, 0.15) is 32.6 Å². The molecular formula is C11H22O6. The second-order valence-corrected chi connectivity index (χ2v) is 4.10. The maximum absolute atomic E-state index is 11.4. The van der Waals surface area contributed by atoms with E-state index in [4.69, 9.17) is 10.2 Å². The zero-order valence-corrected chi connectivity index (χ0v) is 9.99. The van der Waals surface area contributed by atoms with Crippen LogP contribution in [0.5, 0.6) is 0 Å². The third-order valence-corrected chi connectivity index (χ3v) is 2.61.